The fourth-order valence-corrected chi connectivity index (χ4v) is 5.65. The molecule has 0 radical (unpaired) electrons. The van der Waals surface area contributed by atoms with Crippen molar-refractivity contribution in [3.05, 3.63) is 103 Å². The molecular weight excluding hydrogens is 707 g/mol. The Hall–Kier alpha value is -2.41. The van der Waals surface area contributed by atoms with Gasteiger partial charge in [-0.1, -0.05) is 41.9 Å². The Kier molecular flexibility index (Phi) is 13.1. The Bertz CT molecular complexity index is 1320. The van der Waals surface area contributed by atoms with Gasteiger partial charge in [0, 0.05) is 51.4 Å². The summed E-state index contributed by atoms with van der Waals surface area (Å²) < 4.78 is 29.5. The summed E-state index contributed by atoms with van der Waals surface area (Å²) in [7, 11) is 0. The SMILES string of the molecule is CCCN(CCC)C(=O)c1cc(Br)cc(C(=O)N[C@@H](Cc2cc(F)cc(F)c2)[C@H](O)CNCc2cccc(I)c2)c1. The topological polar surface area (TPSA) is 81.7 Å². The molecule has 0 aliphatic carbocycles. The first-order valence-corrected chi connectivity index (χ1v) is 15.5. The third-order valence-corrected chi connectivity index (χ3v) is 7.54. The minimum absolute atomic E-state index is 0.00687. The first-order chi connectivity index (χ1) is 19.6. The van der Waals surface area contributed by atoms with Gasteiger partial charge >= 0.3 is 0 Å². The van der Waals surface area contributed by atoms with Crippen LogP contribution in [0.5, 0.6) is 0 Å². The molecule has 0 saturated carbocycles. The molecule has 2 atom stereocenters. The first-order valence-electron chi connectivity index (χ1n) is 13.6. The predicted molar refractivity (Wildman–Crippen MR) is 169 cm³/mol. The number of hydrogen-bond acceptors (Lipinski definition) is 4. The monoisotopic (exact) mass is 741 g/mol. The molecular formula is C31H35BrF2IN3O3. The highest BCUT2D eigenvalue weighted by atomic mass is 127. The summed E-state index contributed by atoms with van der Waals surface area (Å²) in [6.45, 7) is 5.83. The lowest BCUT2D eigenvalue weighted by molar-refractivity contribution is 0.0755. The number of halogens is 4. The van der Waals surface area contributed by atoms with E-state index in [0.29, 0.717) is 35.2 Å². The van der Waals surface area contributed by atoms with Crippen LogP contribution in [0.25, 0.3) is 0 Å². The van der Waals surface area contributed by atoms with Crippen molar-refractivity contribution in [2.75, 3.05) is 19.6 Å². The van der Waals surface area contributed by atoms with E-state index in [1.807, 2.05) is 38.1 Å². The molecule has 3 aromatic carbocycles. The second-order valence-electron chi connectivity index (χ2n) is 9.91. The highest BCUT2D eigenvalue weighted by molar-refractivity contribution is 14.1. The van der Waals surface area contributed by atoms with E-state index < -0.39 is 29.7 Å². The van der Waals surface area contributed by atoms with Crippen molar-refractivity contribution in [1.82, 2.24) is 15.5 Å². The Morgan fingerprint density at radius 3 is 2.24 bits per heavy atom. The highest BCUT2D eigenvalue weighted by Crippen LogP contribution is 2.19. The zero-order chi connectivity index (χ0) is 29.9. The quantitative estimate of drug-likeness (QED) is 0.175. The van der Waals surface area contributed by atoms with Crippen molar-refractivity contribution in [2.45, 2.75) is 51.8 Å². The van der Waals surface area contributed by atoms with Crippen LogP contribution < -0.4 is 10.6 Å². The van der Waals surface area contributed by atoms with Crippen molar-refractivity contribution in [1.29, 1.82) is 0 Å². The molecule has 0 fully saturated rings. The van der Waals surface area contributed by atoms with E-state index in [1.165, 1.54) is 18.2 Å². The van der Waals surface area contributed by atoms with Crippen molar-refractivity contribution in [3.63, 3.8) is 0 Å². The lowest BCUT2D eigenvalue weighted by Gasteiger charge is -2.25. The number of nitrogens with one attached hydrogen (secondary N) is 2. The smallest absolute Gasteiger partial charge is 0.253 e. The first kappa shape index (κ1) is 33.1. The standard InChI is InChI=1S/C31H35BrF2IN3O3/c1-3-8-38(9-4-2)31(41)23-14-22(15-24(32)16-23)30(40)37-28(13-21-10-25(33)17-26(34)11-21)29(39)19-36-18-20-6-5-7-27(35)12-20/h5-7,10-12,14-17,28-29,36,39H,3-4,8-9,13,18-19H2,1-2H3,(H,37,40)/t28-,29+/m0/s1. The van der Waals surface area contributed by atoms with E-state index in [-0.39, 0.29) is 24.4 Å². The summed E-state index contributed by atoms with van der Waals surface area (Å²) in [6.07, 6.45) is 0.536. The summed E-state index contributed by atoms with van der Waals surface area (Å²) >= 11 is 5.63. The molecule has 0 aromatic heterocycles. The van der Waals surface area contributed by atoms with Gasteiger partial charge in [-0.2, -0.15) is 0 Å². The minimum Gasteiger partial charge on any atom is -0.390 e. The Morgan fingerprint density at radius 1 is 0.951 bits per heavy atom. The lowest BCUT2D eigenvalue weighted by atomic mass is 9.99. The van der Waals surface area contributed by atoms with Gasteiger partial charge in [0.25, 0.3) is 11.8 Å². The fourth-order valence-electron chi connectivity index (χ4n) is 4.55. The highest BCUT2D eigenvalue weighted by Gasteiger charge is 2.24. The van der Waals surface area contributed by atoms with Crippen LogP contribution in [-0.4, -0.2) is 53.6 Å². The molecule has 3 aromatic rings. The third-order valence-electron chi connectivity index (χ3n) is 6.41. The Morgan fingerprint density at radius 2 is 1.61 bits per heavy atom. The molecule has 2 amide bonds. The third kappa shape index (κ3) is 10.4. The maximum absolute atomic E-state index is 13.9. The van der Waals surface area contributed by atoms with Crippen LogP contribution in [0.15, 0.2) is 65.1 Å². The second kappa shape index (κ2) is 16.3. The van der Waals surface area contributed by atoms with Crippen LogP contribution in [0.3, 0.4) is 0 Å². The van der Waals surface area contributed by atoms with E-state index in [0.717, 1.165) is 28.0 Å². The minimum atomic E-state index is -1.08. The fraction of sp³-hybridized carbons (Fsp3) is 0.355. The number of carbonyl (C=O) groups excluding carboxylic acids is 2. The normalized spacial score (nSPS) is 12.6. The van der Waals surface area contributed by atoms with E-state index >= 15 is 0 Å². The molecule has 220 valence electrons. The van der Waals surface area contributed by atoms with E-state index in [4.69, 9.17) is 0 Å². The zero-order valence-electron chi connectivity index (χ0n) is 23.1. The summed E-state index contributed by atoms with van der Waals surface area (Å²) in [4.78, 5) is 28.4. The maximum Gasteiger partial charge on any atom is 0.253 e. The molecule has 6 nitrogen and oxygen atoms in total. The van der Waals surface area contributed by atoms with Gasteiger partial charge in [-0.3, -0.25) is 9.59 Å². The van der Waals surface area contributed by atoms with Gasteiger partial charge in [0.2, 0.25) is 0 Å². The van der Waals surface area contributed by atoms with E-state index in [1.54, 1.807) is 17.0 Å². The number of benzene rings is 3. The number of carbonyl (C=O) groups is 2. The number of hydrogen-bond donors (Lipinski definition) is 3. The molecule has 41 heavy (non-hydrogen) atoms. The van der Waals surface area contributed by atoms with Crippen LogP contribution in [0, 0.1) is 15.2 Å². The van der Waals surface area contributed by atoms with Crippen molar-refractivity contribution in [3.8, 4) is 0 Å². The van der Waals surface area contributed by atoms with Crippen LogP contribution in [0.4, 0.5) is 8.78 Å². The zero-order valence-corrected chi connectivity index (χ0v) is 26.8. The summed E-state index contributed by atoms with van der Waals surface area (Å²) in [5.41, 5.74) is 1.92. The maximum atomic E-state index is 13.9. The largest absolute Gasteiger partial charge is 0.390 e. The second-order valence-corrected chi connectivity index (χ2v) is 12.1. The average molecular weight is 742 g/mol. The molecule has 0 heterocycles. The van der Waals surface area contributed by atoms with Crippen molar-refractivity contribution in [2.24, 2.45) is 0 Å². The van der Waals surface area contributed by atoms with Crippen LogP contribution in [0.1, 0.15) is 58.5 Å². The molecule has 3 rings (SSSR count). The molecule has 0 spiro atoms. The molecule has 0 aliphatic rings. The lowest BCUT2D eigenvalue weighted by Crippen LogP contribution is -2.48. The molecule has 10 heteroatoms. The van der Waals surface area contributed by atoms with Gasteiger partial charge < -0.3 is 20.6 Å². The van der Waals surface area contributed by atoms with Crippen molar-refractivity contribution < 1.29 is 23.5 Å². The number of nitrogens with zero attached hydrogens (tertiary/aromatic N) is 1. The predicted octanol–water partition coefficient (Wildman–Crippen LogP) is 6.09. The number of amides is 2. The number of aliphatic hydroxyl groups is 1. The van der Waals surface area contributed by atoms with Gasteiger partial charge in [0.15, 0.2) is 0 Å². The number of rotatable bonds is 14. The van der Waals surface area contributed by atoms with Gasteiger partial charge in [0.1, 0.15) is 11.6 Å². The van der Waals surface area contributed by atoms with Gasteiger partial charge in [-0.15, -0.1) is 0 Å². The number of aliphatic hydroxyl groups excluding tert-OH is 1. The Balaban J connectivity index is 1.81. The van der Waals surface area contributed by atoms with E-state index in [2.05, 4.69) is 49.2 Å². The summed E-state index contributed by atoms with van der Waals surface area (Å²) in [5, 5.41) is 17.1. The van der Waals surface area contributed by atoms with Crippen molar-refractivity contribution >= 4 is 50.3 Å². The van der Waals surface area contributed by atoms with Crippen LogP contribution in [-0.2, 0) is 13.0 Å². The summed E-state index contributed by atoms with van der Waals surface area (Å²) in [5.74, 6) is -2.17. The molecule has 0 saturated heterocycles. The van der Waals surface area contributed by atoms with Crippen LogP contribution >= 0.6 is 38.5 Å². The summed E-state index contributed by atoms with van der Waals surface area (Å²) in [6, 6.07) is 15.0. The molecule has 0 aliphatic heterocycles. The van der Waals surface area contributed by atoms with Gasteiger partial charge in [-0.25, -0.2) is 8.78 Å². The van der Waals surface area contributed by atoms with Crippen LogP contribution in [0.2, 0.25) is 0 Å². The molecule has 0 unspecified atom stereocenters. The van der Waals surface area contributed by atoms with E-state index in [9.17, 15) is 23.5 Å². The molecule has 0 bridgehead atoms. The van der Waals surface area contributed by atoms with Gasteiger partial charge in [0.05, 0.1) is 12.1 Å². The van der Waals surface area contributed by atoms with Gasteiger partial charge in [-0.05, 0) is 95.4 Å². The Labute approximate surface area is 262 Å². The molecule has 3 N–H and O–H groups in total. The average Bonchev–Trinajstić information content (AvgIpc) is 2.91.